The highest BCUT2D eigenvalue weighted by Gasteiger charge is 2.38. The maximum Gasteiger partial charge on any atom is 0.309 e. The van der Waals surface area contributed by atoms with Gasteiger partial charge in [-0.1, -0.05) is 12.2 Å². The molecule has 0 aromatic carbocycles. The van der Waals surface area contributed by atoms with Gasteiger partial charge in [0.1, 0.15) is 12.2 Å². The monoisotopic (exact) mass is 198 g/mol. The molecule has 78 valence electrons. The van der Waals surface area contributed by atoms with E-state index in [0.717, 1.165) is 6.42 Å². The fourth-order valence-electron chi connectivity index (χ4n) is 1.64. The molecule has 0 unspecified atom stereocenters. The number of aliphatic hydroxyl groups is 1. The van der Waals surface area contributed by atoms with Gasteiger partial charge in [-0.3, -0.25) is 4.79 Å². The quantitative estimate of drug-likeness (QED) is 0.347. The molecule has 0 bridgehead atoms. The third-order valence-corrected chi connectivity index (χ3v) is 2.42. The zero-order valence-corrected chi connectivity index (χ0v) is 8.05. The first-order valence-electron chi connectivity index (χ1n) is 4.86. The molecule has 1 N–H and O–H groups in total. The van der Waals surface area contributed by atoms with E-state index in [1.807, 2.05) is 13.0 Å². The molecule has 1 saturated heterocycles. The van der Waals surface area contributed by atoms with Crippen molar-refractivity contribution in [3.63, 3.8) is 0 Å². The van der Waals surface area contributed by atoms with Crippen molar-refractivity contribution >= 4 is 5.97 Å². The molecule has 1 fully saturated rings. The number of ether oxygens (including phenoxy) is 2. The van der Waals surface area contributed by atoms with E-state index in [1.54, 1.807) is 6.08 Å². The average molecular weight is 198 g/mol. The van der Waals surface area contributed by atoms with Crippen LogP contribution in [0.2, 0.25) is 0 Å². The van der Waals surface area contributed by atoms with Crippen molar-refractivity contribution in [1.82, 2.24) is 0 Å². The second kappa shape index (κ2) is 3.71. The first-order valence-corrected chi connectivity index (χ1v) is 4.86. The molecule has 0 spiro atoms. The Kier molecular flexibility index (Phi) is 2.56. The van der Waals surface area contributed by atoms with Crippen molar-refractivity contribution in [2.45, 2.75) is 44.2 Å². The number of hydrogen-bond donors (Lipinski definition) is 1. The molecule has 0 aliphatic carbocycles. The van der Waals surface area contributed by atoms with Crippen LogP contribution in [0.15, 0.2) is 12.2 Å². The Morgan fingerprint density at radius 3 is 3.07 bits per heavy atom. The number of fused-ring (bicyclic) bond motifs is 1. The van der Waals surface area contributed by atoms with E-state index in [4.69, 9.17) is 9.47 Å². The highest BCUT2D eigenvalue weighted by molar-refractivity contribution is 5.70. The zero-order chi connectivity index (χ0) is 10.1. The standard InChI is InChI=1S/C10H14O4/c1-6-4-9-8(14-9)3-2-7(11)5-10(12)13-6/h2-3,6-9,11H,4-5H2,1H3/b3-2-/t6-,7+,8-,9+/m1/s1. The lowest BCUT2D eigenvalue weighted by atomic mass is 10.1. The smallest absolute Gasteiger partial charge is 0.309 e. The summed E-state index contributed by atoms with van der Waals surface area (Å²) in [4.78, 5) is 11.2. The van der Waals surface area contributed by atoms with E-state index in [9.17, 15) is 9.90 Å². The normalized spacial score (nSPS) is 44.9. The molecule has 0 saturated carbocycles. The minimum atomic E-state index is -0.752. The Hall–Kier alpha value is -0.870. The SMILES string of the molecule is C[C@@H]1C[C@@H]2O[C@@H]2/C=C\[C@H](O)CC(=O)O1. The summed E-state index contributed by atoms with van der Waals surface area (Å²) in [6.07, 6.45) is 3.55. The van der Waals surface area contributed by atoms with Crippen LogP contribution < -0.4 is 0 Å². The minimum Gasteiger partial charge on any atom is -0.462 e. The van der Waals surface area contributed by atoms with Gasteiger partial charge in [0.25, 0.3) is 0 Å². The summed E-state index contributed by atoms with van der Waals surface area (Å²) in [5, 5.41) is 9.38. The van der Waals surface area contributed by atoms with E-state index in [-0.39, 0.29) is 30.7 Å². The Balaban J connectivity index is 2.02. The predicted octanol–water partition coefficient (Wildman–Crippen LogP) is 0.396. The van der Waals surface area contributed by atoms with Gasteiger partial charge in [0.2, 0.25) is 0 Å². The molecule has 0 amide bonds. The molecule has 4 heteroatoms. The Bertz CT molecular complexity index is 261. The van der Waals surface area contributed by atoms with Crippen LogP contribution in [-0.4, -0.2) is 35.5 Å². The van der Waals surface area contributed by atoms with Crippen molar-refractivity contribution in [2.24, 2.45) is 0 Å². The number of rotatable bonds is 0. The summed E-state index contributed by atoms with van der Waals surface area (Å²) in [5.41, 5.74) is 0. The van der Waals surface area contributed by atoms with E-state index < -0.39 is 6.10 Å². The van der Waals surface area contributed by atoms with Crippen molar-refractivity contribution in [3.8, 4) is 0 Å². The Morgan fingerprint density at radius 1 is 1.50 bits per heavy atom. The van der Waals surface area contributed by atoms with E-state index >= 15 is 0 Å². The highest BCUT2D eigenvalue weighted by atomic mass is 16.6. The summed E-state index contributed by atoms with van der Waals surface area (Å²) in [6, 6.07) is 0. The van der Waals surface area contributed by atoms with Gasteiger partial charge in [0.05, 0.1) is 18.6 Å². The maximum atomic E-state index is 11.2. The van der Waals surface area contributed by atoms with Crippen LogP contribution in [0.4, 0.5) is 0 Å². The van der Waals surface area contributed by atoms with Crippen molar-refractivity contribution in [1.29, 1.82) is 0 Å². The first kappa shape index (κ1) is 9.68. The van der Waals surface area contributed by atoms with Gasteiger partial charge in [-0.15, -0.1) is 0 Å². The Labute approximate surface area is 82.5 Å². The largest absolute Gasteiger partial charge is 0.462 e. The fourth-order valence-corrected chi connectivity index (χ4v) is 1.64. The molecular formula is C10H14O4. The molecular weight excluding hydrogens is 184 g/mol. The van der Waals surface area contributed by atoms with Crippen LogP contribution in [0.1, 0.15) is 19.8 Å². The summed E-state index contributed by atoms with van der Waals surface area (Å²) in [7, 11) is 0. The van der Waals surface area contributed by atoms with Gasteiger partial charge in [-0.25, -0.2) is 0 Å². The second-order valence-electron chi connectivity index (χ2n) is 3.83. The van der Waals surface area contributed by atoms with Gasteiger partial charge in [-0.05, 0) is 6.92 Å². The molecule has 14 heavy (non-hydrogen) atoms. The molecule has 0 radical (unpaired) electrons. The van der Waals surface area contributed by atoms with Crippen LogP contribution in [0.3, 0.4) is 0 Å². The lowest BCUT2D eigenvalue weighted by Gasteiger charge is -2.13. The highest BCUT2D eigenvalue weighted by Crippen LogP contribution is 2.29. The van der Waals surface area contributed by atoms with Crippen LogP contribution in [0, 0.1) is 0 Å². The van der Waals surface area contributed by atoms with Crippen molar-refractivity contribution in [2.75, 3.05) is 0 Å². The number of cyclic esters (lactones) is 1. The zero-order valence-electron chi connectivity index (χ0n) is 8.05. The number of epoxide rings is 1. The lowest BCUT2D eigenvalue weighted by Crippen LogP contribution is -2.21. The first-order chi connectivity index (χ1) is 6.65. The number of hydrogen-bond acceptors (Lipinski definition) is 4. The predicted molar refractivity (Wildman–Crippen MR) is 48.6 cm³/mol. The third kappa shape index (κ3) is 2.33. The molecule has 0 aromatic rings. The van der Waals surface area contributed by atoms with Gasteiger partial charge >= 0.3 is 5.97 Å². The van der Waals surface area contributed by atoms with Gasteiger partial charge in [0.15, 0.2) is 0 Å². The van der Waals surface area contributed by atoms with Gasteiger partial charge in [-0.2, -0.15) is 0 Å². The molecule has 2 heterocycles. The van der Waals surface area contributed by atoms with Crippen LogP contribution >= 0.6 is 0 Å². The topological polar surface area (TPSA) is 59.1 Å². The number of esters is 1. The fraction of sp³-hybridized carbons (Fsp3) is 0.700. The minimum absolute atomic E-state index is 0.0260. The maximum absolute atomic E-state index is 11.2. The summed E-state index contributed by atoms with van der Waals surface area (Å²) in [5.74, 6) is -0.353. The lowest BCUT2D eigenvalue weighted by molar-refractivity contribution is -0.150. The summed E-state index contributed by atoms with van der Waals surface area (Å²) < 4.78 is 10.4. The van der Waals surface area contributed by atoms with E-state index in [2.05, 4.69) is 0 Å². The Morgan fingerprint density at radius 2 is 2.29 bits per heavy atom. The number of aliphatic hydroxyl groups excluding tert-OH is 1. The molecule has 2 rings (SSSR count). The summed E-state index contributed by atoms with van der Waals surface area (Å²) >= 11 is 0. The molecule has 2 aliphatic heterocycles. The van der Waals surface area contributed by atoms with E-state index in [1.165, 1.54) is 0 Å². The van der Waals surface area contributed by atoms with Crippen molar-refractivity contribution in [3.05, 3.63) is 12.2 Å². The number of carbonyl (C=O) groups excluding carboxylic acids is 1. The second-order valence-corrected chi connectivity index (χ2v) is 3.83. The third-order valence-electron chi connectivity index (χ3n) is 2.42. The molecule has 2 aliphatic rings. The van der Waals surface area contributed by atoms with Crippen molar-refractivity contribution < 1.29 is 19.4 Å². The van der Waals surface area contributed by atoms with Gasteiger partial charge in [0, 0.05) is 6.42 Å². The van der Waals surface area contributed by atoms with E-state index in [0.29, 0.717) is 0 Å². The van der Waals surface area contributed by atoms with Crippen LogP contribution in [0.5, 0.6) is 0 Å². The molecule has 4 atom stereocenters. The molecule has 0 aromatic heterocycles. The molecule has 4 nitrogen and oxygen atoms in total. The van der Waals surface area contributed by atoms with Crippen LogP contribution in [0.25, 0.3) is 0 Å². The van der Waals surface area contributed by atoms with Gasteiger partial charge < -0.3 is 14.6 Å². The average Bonchev–Trinajstić information content (AvgIpc) is 2.78. The summed E-state index contributed by atoms with van der Waals surface area (Å²) in [6.45, 7) is 1.84. The number of carbonyl (C=O) groups is 1. The van der Waals surface area contributed by atoms with Crippen LogP contribution in [-0.2, 0) is 14.3 Å².